The summed E-state index contributed by atoms with van der Waals surface area (Å²) in [5, 5.41) is 4.76. The van der Waals surface area contributed by atoms with Crippen molar-refractivity contribution in [2.75, 3.05) is 26.2 Å². The van der Waals surface area contributed by atoms with Crippen molar-refractivity contribution in [3.8, 4) is 0 Å². The Kier molecular flexibility index (Phi) is 4.65. The zero-order valence-electron chi connectivity index (χ0n) is 12.1. The molecule has 108 valence electrons. The number of fused-ring (bicyclic) bond motifs is 1. The number of nitrogens with zero attached hydrogens (tertiary/aromatic N) is 2. The van der Waals surface area contributed by atoms with Gasteiger partial charge in [0.2, 0.25) is 0 Å². The van der Waals surface area contributed by atoms with Crippen LogP contribution in [0.2, 0.25) is 0 Å². The first-order chi connectivity index (χ1) is 9.85. The summed E-state index contributed by atoms with van der Waals surface area (Å²) in [4.78, 5) is 7.29. The summed E-state index contributed by atoms with van der Waals surface area (Å²) in [6, 6.07) is 8.43. The van der Waals surface area contributed by atoms with Gasteiger partial charge in [0.25, 0.3) is 0 Å². The predicted molar refractivity (Wildman–Crippen MR) is 86.2 cm³/mol. The highest BCUT2D eigenvalue weighted by molar-refractivity contribution is 7.18. The number of para-hydroxylation sites is 1. The second kappa shape index (κ2) is 6.66. The largest absolute Gasteiger partial charge is 0.316 e. The molecule has 1 aromatic carbocycles. The van der Waals surface area contributed by atoms with Crippen molar-refractivity contribution in [2.45, 2.75) is 26.3 Å². The first-order valence-corrected chi connectivity index (χ1v) is 8.44. The van der Waals surface area contributed by atoms with Crippen LogP contribution in [0.4, 0.5) is 0 Å². The lowest BCUT2D eigenvalue weighted by Crippen LogP contribution is -2.38. The first-order valence-electron chi connectivity index (χ1n) is 7.62. The van der Waals surface area contributed by atoms with Crippen molar-refractivity contribution in [1.82, 2.24) is 15.2 Å². The average Bonchev–Trinajstić information content (AvgIpc) is 2.90. The van der Waals surface area contributed by atoms with Crippen LogP contribution >= 0.6 is 11.3 Å². The molecule has 3 rings (SSSR count). The molecule has 1 fully saturated rings. The Morgan fingerprint density at radius 1 is 1.40 bits per heavy atom. The molecule has 2 heterocycles. The van der Waals surface area contributed by atoms with E-state index < -0.39 is 0 Å². The maximum atomic E-state index is 4.75. The van der Waals surface area contributed by atoms with Gasteiger partial charge in [-0.15, -0.1) is 11.3 Å². The second-order valence-electron chi connectivity index (χ2n) is 5.62. The van der Waals surface area contributed by atoms with Gasteiger partial charge in [-0.05, 0) is 50.5 Å². The fourth-order valence-corrected chi connectivity index (χ4v) is 3.94. The van der Waals surface area contributed by atoms with Crippen LogP contribution in [-0.4, -0.2) is 36.1 Å². The third-order valence-corrected chi connectivity index (χ3v) is 5.08. The normalized spacial score (nSPS) is 19.8. The summed E-state index contributed by atoms with van der Waals surface area (Å²) in [5.41, 5.74) is 1.14. The highest BCUT2D eigenvalue weighted by Gasteiger charge is 2.17. The topological polar surface area (TPSA) is 28.2 Å². The molecule has 1 N–H and O–H groups in total. The predicted octanol–water partition coefficient (Wildman–Crippen LogP) is 3.12. The van der Waals surface area contributed by atoms with E-state index in [1.54, 1.807) is 0 Å². The van der Waals surface area contributed by atoms with E-state index in [2.05, 4.69) is 41.4 Å². The lowest BCUT2D eigenvalue weighted by atomic mass is 9.99. The minimum absolute atomic E-state index is 0.804. The number of piperidine rings is 1. The first kappa shape index (κ1) is 14.0. The van der Waals surface area contributed by atoms with E-state index in [1.165, 1.54) is 42.2 Å². The standard InChI is InChI=1S/C16H23N3S/c1-2-19(11-13-6-5-9-17-10-13)12-16-18-14-7-3-4-8-15(14)20-16/h3-4,7-8,13,17H,2,5-6,9-12H2,1H3. The van der Waals surface area contributed by atoms with Crippen LogP contribution in [0.25, 0.3) is 10.2 Å². The van der Waals surface area contributed by atoms with Crippen LogP contribution in [0.1, 0.15) is 24.8 Å². The lowest BCUT2D eigenvalue weighted by molar-refractivity contribution is 0.209. The highest BCUT2D eigenvalue weighted by Crippen LogP contribution is 2.23. The maximum Gasteiger partial charge on any atom is 0.108 e. The number of hydrogen-bond acceptors (Lipinski definition) is 4. The second-order valence-corrected chi connectivity index (χ2v) is 6.73. The van der Waals surface area contributed by atoms with Crippen LogP contribution in [-0.2, 0) is 6.54 Å². The van der Waals surface area contributed by atoms with Gasteiger partial charge < -0.3 is 5.32 Å². The molecule has 1 unspecified atom stereocenters. The molecular formula is C16H23N3S. The van der Waals surface area contributed by atoms with Gasteiger partial charge >= 0.3 is 0 Å². The summed E-state index contributed by atoms with van der Waals surface area (Å²) in [6.45, 7) is 7.92. The summed E-state index contributed by atoms with van der Waals surface area (Å²) in [5.74, 6) is 0.804. The van der Waals surface area contributed by atoms with Crippen molar-refractivity contribution in [3.63, 3.8) is 0 Å². The molecule has 3 nitrogen and oxygen atoms in total. The van der Waals surface area contributed by atoms with E-state index in [9.17, 15) is 0 Å². The molecule has 1 atom stereocenters. The molecule has 1 aromatic heterocycles. The molecule has 0 bridgehead atoms. The van der Waals surface area contributed by atoms with Crippen molar-refractivity contribution in [1.29, 1.82) is 0 Å². The molecule has 0 aliphatic carbocycles. The van der Waals surface area contributed by atoms with Crippen LogP contribution < -0.4 is 5.32 Å². The highest BCUT2D eigenvalue weighted by atomic mass is 32.1. The summed E-state index contributed by atoms with van der Waals surface area (Å²) >= 11 is 1.83. The van der Waals surface area contributed by atoms with Gasteiger partial charge in [0.05, 0.1) is 16.8 Å². The number of benzene rings is 1. The molecule has 2 aromatic rings. The Balaban J connectivity index is 1.64. The number of aromatic nitrogens is 1. The molecule has 20 heavy (non-hydrogen) atoms. The summed E-state index contributed by atoms with van der Waals surface area (Å²) in [7, 11) is 0. The fraction of sp³-hybridized carbons (Fsp3) is 0.562. The Morgan fingerprint density at radius 3 is 3.05 bits per heavy atom. The minimum Gasteiger partial charge on any atom is -0.316 e. The van der Waals surface area contributed by atoms with Gasteiger partial charge in [-0.2, -0.15) is 0 Å². The Bertz CT molecular complexity index is 512. The minimum atomic E-state index is 0.804. The molecule has 0 saturated carbocycles. The lowest BCUT2D eigenvalue weighted by Gasteiger charge is -2.28. The Labute approximate surface area is 125 Å². The molecule has 0 spiro atoms. The smallest absolute Gasteiger partial charge is 0.108 e. The zero-order chi connectivity index (χ0) is 13.8. The van der Waals surface area contributed by atoms with Gasteiger partial charge in [0, 0.05) is 6.54 Å². The molecule has 4 heteroatoms. The average molecular weight is 289 g/mol. The van der Waals surface area contributed by atoms with E-state index in [4.69, 9.17) is 4.98 Å². The van der Waals surface area contributed by atoms with Crippen LogP contribution in [0, 0.1) is 5.92 Å². The molecule has 0 amide bonds. The molecule has 0 radical (unpaired) electrons. The third kappa shape index (κ3) is 3.37. The van der Waals surface area contributed by atoms with Crippen LogP contribution in [0.15, 0.2) is 24.3 Å². The maximum absolute atomic E-state index is 4.75. The number of rotatable bonds is 5. The fourth-order valence-electron chi connectivity index (χ4n) is 2.93. The summed E-state index contributed by atoms with van der Waals surface area (Å²) < 4.78 is 1.30. The molecular weight excluding hydrogens is 266 g/mol. The van der Waals surface area contributed by atoms with Crippen molar-refractivity contribution in [3.05, 3.63) is 29.3 Å². The van der Waals surface area contributed by atoms with Crippen molar-refractivity contribution >= 4 is 21.6 Å². The van der Waals surface area contributed by atoms with Crippen LogP contribution in [0.5, 0.6) is 0 Å². The number of thiazole rings is 1. The van der Waals surface area contributed by atoms with Gasteiger partial charge in [0.1, 0.15) is 5.01 Å². The monoisotopic (exact) mass is 289 g/mol. The van der Waals surface area contributed by atoms with Crippen molar-refractivity contribution < 1.29 is 0 Å². The number of hydrogen-bond donors (Lipinski definition) is 1. The Hall–Kier alpha value is -0.970. The van der Waals surface area contributed by atoms with Crippen LogP contribution in [0.3, 0.4) is 0 Å². The molecule has 1 saturated heterocycles. The van der Waals surface area contributed by atoms with Gasteiger partial charge in [0.15, 0.2) is 0 Å². The SMILES string of the molecule is CCN(Cc1nc2ccccc2s1)CC1CCCNC1. The Morgan fingerprint density at radius 2 is 2.30 bits per heavy atom. The van der Waals surface area contributed by atoms with E-state index in [-0.39, 0.29) is 0 Å². The van der Waals surface area contributed by atoms with E-state index >= 15 is 0 Å². The van der Waals surface area contributed by atoms with Gasteiger partial charge in [-0.1, -0.05) is 19.1 Å². The third-order valence-electron chi connectivity index (χ3n) is 4.06. The van der Waals surface area contributed by atoms with E-state index in [1.807, 2.05) is 11.3 Å². The molecule has 1 aliphatic heterocycles. The van der Waals surface area contributed by atoms with E-state index in [0.717, 1.165) is 24.5 Å². The van der Waals surface area contributed by atoms with Crippen molar-refractivity contribution in [2.24, 2.45) is 5.92 Å². The molecule has 1 aliphatic rings. The summed E-state index contributed by atoms with van der Waals surface area (Å²) in [6.07, 6.45) is 2.69. The zero-order valence-corrected chi connectivity index (χ0v) is 13.0. The van der Waals surface area contributed by atoms with Gasteiger partial charge in [-0.3, -0.25) is 4.90 Å². The van der Waals surface area contributed by atoms with Gasteiger partial charge in [-0.25, -0.2) is 4.98 Å². The van der Waals surface area contributed by atoms with E-state index in [0.29, 0.717) is 0 Å². The quantitative estimate of drug-likeness (QED) is 0.916. The number of nitrogens with one attached hydrogen (secondary N) is 1.